The van der Waals surface area contributed by atoms with Crippen molar-refractivity contribution in [1.82, 2.24) is 11.1 Å². The molecule has 0 atom stereocenters. The molecule has 6 nitrogen and oxygen atoms in total. The molecule has 0 unspecified atom stereocenters. The summed E-state index contributed by atoms with van der Waals surface area (Å²) in [4.78, 5) is 0. The summed E-state index contributed by atoms with van der Waals surface area (Å²) in [5.74, 6) is 0. The number of benzene rings is 6. The van der Waals surface area contributed by atoms with Crippen LogP contribution >= 0.6 is 7.81 Å². The number of nitrogens with zero attached hydrogens (tertiary/aromatic N) is 4. The van der Waals surface area contributed by atoms with Crippen molar-refractivity contribution < 1.29 is 25.2 Å². The summed E-state index contributed by atoms with van der Waals surface area (Å²) in [7, 11) is -10.7. The van der Waals surface area contributed by atoms with E-state index in [2.05, 4.69) is 225 Å². The Morgan fingerprint density at radius 2 is 0.723 bits per heavy atom. The molecule has 13 heteroatoms. The van der Waals surface area contributed by atoms with Crippen LogP contribution in [0.2, 0.25) is 0 Å². The van der Waals surface area contributed by atoms with E-state index in [1.54, 1.807) is 0 Å². The van der Waals surface area contributed by atoms with E-state index in [9.17, 15) is 25.2 Å². The molecule has 2 aliphatic heterocycles. The van der Waals surface area contributed by atoms with Crippen LogP contribution in [-0.2, 0) is 0 Å². The second-order valence-electron chi connectivity index (χ2n) is 17.2. The monoisotopic (exact) mass is 910 g/mol. The Morgan fingerprint density at radius 3 is 1.11 bits per heavy atom. The van der Waals surface area contributed by atoms with Gasteiger partial charge in [-0.25, -0.2) is 0 Å². The summed E-state index contributed by atoms with van der Waals surface area (Å²) in [5.41, 5.74) is 31.5. The van der Waals surface area contributed by atoms with Crippen LogP contribution in [0.1, 0.15) is 77.9 Å². The minimum atomic E-state index is -10.7. The van der Waals surface area contributed by atoms with Gasteiger partial charge in [0.15, 0.2) is 0 Å². The summed E-state index contributed by atoms with van der Waals surface area (Å²) in [6.45, 7) is 26.0. The van der Waals surface area contributed by atoms with Crippen molar-refractivity contribution in [3.63, 3.8) is 0 Å². The Balaban J connectivity index is 0.000000188. The average Bonchev–Trinajstić information content (AvgIpc) is 3.78. The molecular weight excluding hydrogens is 854 g/mol. The second-order valence-corrected chi connectivity index (χ2v) is 19.1. The van der Waals surface area contributed by atoms with E-state index in [1.807, 2.05) is 11.1 Å². The van der Waals surface area contributed by atoms with Gasteiger partial charge in [0.1, 0.15) is 0 Å². The molecule has 0 saturated carbocycles. The van der Waals surface area contributed by atoms with Crippen LogP contribution in [-0.4, -0.2) is 0 Å². The topological polar surface area (TPSA) is 37.0 Å². The molecule has 2 heterocycles. The van der Waals surface area contributed by atoms with Gasteiger partial charge in [-0.2, -0.15) is 5.53 Å². The number of hydrazine groups is 4. The van der Waals surface area contributed by atoms with Gasteiger partial charge in [0.25, 0.3) is 0 Å². The molecule has 0 aromatic heterocycles. The number of anilines is 4. The Kier molecular flexibility index (Phi) is 13.2. The standard InChI is InChI=1S/C26H29N3.C26H28N3.F6P/c2*1-17-12-19(3)25(20(4)13-17)28-16-24(23-10-8-7-9-11-23)29(27-28)26-21(5)14-18(2)15-22(26)6;1-7(2,3,4,5)6/h7-16,27H,1-6H3;7-15,27H,1-6H3;/q;2*-1. The Bertz CT molecular complexity index is 2530. The fraction of sp³-hybridized carbons (Fsp3) is 0.231. The van der Waals surface area contributed by atoms with Gasteiger partial charge in [-0.3, -0.25) is 15.0 Å². The molecular formula is C52H57F6N6P-2. The van der Waals surface area contributed by atoms with Gasteiger partial charge in [0.05, 0.1) is 22.8 Å². The van der Waals surface area contributed by atoms with Gasteiger partial charge in [-0.1, -0.05) is 142 Å². The van der Waals surface area contributed by atoms with Crippen molar-refractivity contribution in [3.8, 4) is 0 Å². The fourth-order valence-electron chi connectivity index (χ4n) is 8.98. The van der Waals surface area contributed by atoms with Crippen LogP contribution in [0.25, 0.3) is 11.4 Å². The number of hydrogen-bond donors (Lipinski definition) is 2. The normalized spacial score (nSPS) is 14.8. The van der Waals surface area contributed by atoms with E-state index in [1.165, 1.54) is 89.4 Å². The van der Waals surface area contributed by atoms with Crippen LogP contribution in [0.5, 0.6) is 0 Å². The van der Waals surface area contributed by atoms with Crippen LogP contribution < -0.4 is 31.1 Å². The first-order valence-electron chi connectivity index (χ1n) is 21.2. The Hall–Kier alpha value is -6.07. The van der Waals surface area contributed by atoms with Crippen LogP contribution in [0.4, 0.5) is 47.9 Å². The van der Waals surface area contributed by atoms with Gasteiger partial charge in [-0.15, -0.1) is 17.7 Å². The molecule has 0 spiro atoms. The number of rotatable bonds is 6. The van der Waals surface area contributed by atoms with E-state index in [0.29, 0.717) is 0 Å². The van der Waals surface area contributed by atoms with Gasteiger partial charge < -0.3 is 5.01 Å². The van der Waals surface area contributed by atoms with Gasteiger partial charge in [0.2, 0.25) is 0 Å². The molecule has 6 aromatic carbocycles. The second kappa shape index (κ2) is 17.7. The molecule has 0 radical (unpaired) electrons. The summed E-state index contributed by atoms with van der Waals surface area (Å²) in [5, 5.41) is 8.58. The van der Waals surface area contributed by atoms with E-state index in [4.69, 9.17) is 0 Å². The maximum atomic E-state index is 9.87. The minimum absolute atomic E-state index is 1.01. The summed E-state index contributed by atoms with van der Waals surface area (Å²) >= 11 is 0. The zero-order valence-corrected chi connectivity index (χ0v) is 39.9. The molecule has 0 saturated heterocycles. The van der Waals surface area contributed by atoms with E-state index >= 15 is 0 Å². The number of halogens is 6. The third-order valence-corrected chi connectivity index (χ3v) is 10.9. The first-order valence-corrected chi connectivity index (χ1v) is 23.2. The van der Waals surface area contributed by atoms with Crippen molar-refractivity contribution in [3.05, 3.63) is 199 Å². The zero-order chi connectivity index (χ0) is 47.8. The molecule has 0 amide bonds. The molecule has 6 aromatic rings. The van der Waals surface area contributed by atoms with E-state index < -0.39 is 7.81 Å². The Morgan fingerprint density at radius 1 is 0.400 bits per heavy atom. The van der Waals surface area contributed by atoms with Crippen LogP contribution in [0, 0.1) is 89.3 Å². The van der Waals surface area contributed by atoms with Gasteiger partial charge in [0, 0.05) is 11.8 Å². The van der Waals surface area contributed by atoms with Crippen LogP contribution in [0.3, 0.4) is 0 Å². The molecule has 2 aliphatic rings. The summed E-state index contributed by atoms with van der Waals surface area (Å²) < 4.78 is 59.2. The summed E-state index contributed by atoms with van der Waals surface area (Å²) in [6.07, 6.45) is 5.81. The maximum absolute atomic E-state index is 10.7. The van der Waals surface area contributed by atoms with Crippen molar-refractivity contribution >= 4 is 42.0 Å². The number of aryl methyl sites for hydroxylation is 12. The Labute approximate surface area is 379 Å². The predicted octanol–water partition coefficient (Wildman–Crippen LogP) is 15.7. The van der Waals surface area contributed by atoms with Crippen molar-refractivity contribution in [2.75, 3.05) is 20.0 Å². The van der Waals surface area contributed by atoms with Gasteiger partial charge in [-0.05, 0) is 128 Å². The van der Waals surface area contributed by atoms with Gasteiger partial charge >= 0.3 is 33.0 Å². The molecule has 344 valence electrons. The number of nitrogens with one attached hydrogen (secondary N) is 2. The third-order valence-electron chi connectivity index (χ3n) is 10.9. The molecule has 2 N–H and O–H groups in total. The van der Waals surface area contributed by atoms with Crippen molar-refractivity contribution in [1.29, 1.82) is 0 Å². The molecule has 0 aliphatic carbocycles. The first-order chi connectivity index (χ1) is 30.1. The molecule has 65 heavy (non-hydrogen) atoms. The SMILES string of the molecule is Cc1cc(C)c(N2C=C(c3ccccc3)N(c3c(C)cc(C)cc3C)N2)c(C)c1.Cc1cc(C)c(N2[C-]=C(c3ccccc3)N(c3c(C)cc(C)cc3C)N2)c(C)c1.F[P-](F)(F)(F)(F)F. The average molecular weight is 911 g/mol. The number of hydrogen-bond acceptors (Lipinski definition) is 6. The predicted molar refractivity (Wildman–Crippen MR) is 260 cm³/mol. The summed E-state index contributed by atoms with van der Waals surface area (Å²) in [6, 6.07) is 38.9. The van der Waals surface area contributed by atoms with E-state index in [-0.39, 0.29) is 0 Å². The third kappa shape index (κ3) is 12.2. The molecule has 8 rings (SSSR count). The molecule has 0 bridgehead atoms. The molecule has 0 fully saturated rings. The quantitative estimate of drug-likeness (QED) is 0.0985. The van der Waals surface area contributed by atoms with E-state index in [0.717, 1.165) is 22.6 Å². The van der Waals surface area contributed by atoms with Crippen molar-refractivity contribution in [2.24, 2.45) is 0 Å². The zero-order valence-electron chi connectivity index (χ0n) is 39.0. The first kappa shape index (κ1) is 48.4. The van der Waals surface area contributed by atoms with Crippen LogP contribution in [0.15, 0.2) is 115 Å². The van der Waals surface area contributed by atoms with Crippen molar-refractivity contribution in [2.45, 2.75) is 83.1 Å². The fourth-order valence-corrected chi connectivity index (χ4v) is 8.98.